The Morgan fingerprint density at radius 1 is 1.17 bits per heavy atom. The molecule has 1 aromatic heterocycles. The summed E-state index contributed by atoms with van der Waals surface area (Å²) in [5.74, 6) is 0.275. The molecule has 0 fully saturated rings. The molecule has 6 nitrogen and oxygen atoms in total. The number of anilines is 2. The first-order chi connectivity index (χ1) is 14.1. The molecule has 29 heavy (non-hydrogen) atoms. The molecule has 0 radical (unpaired) electrons. The molecule has 0 saturated carbocycles. The van der Waals surface area contributed by atoms with Crippen molar-refractivity contribution in [2.45, 2.75) is 25.8 Å². The van der Waals surface area contributed by atoms with Crippen molar-refractivity contribution in [3.05, 3.63) is 76.9 Å². The minimum atomic E-state index is -0.199. The average Bonchev–Trinajstić information content (AvgIpc) is 3.14. The molecule has 0 bridgehead atoms. The molecule has 0 saturated heterocycles. The highest BCUT2D eigenvalue weighted by molar-refractivity contribution is 6.30. The number of halogens is 1. The van der Waals surface area contributed by atoms with E-state index in [0.717, 1.165) is 16.8 Å². The van der Waals surface area contributed by atoms with E-state index in [4.69, 9.17) is 11.6 Å². The van der Waals surface area contributed by atoms with Crippen molar-refractivity contribution < 1.29 is 9.59 Å². The number of hydrogen-bond donors (Lipinski definition) is 2. The number of para-hydroxylation sites is 1. The number of nitrogens with zero attached hydrogens (tertiary/aromatic N) is 2. The van der Waals surface area contributed by atoms with Crippen LogP contribution in [0.5, 0.6) is 0 Å². The molecule has 148 valence electrons. The van der Waals surface area contributed by atoms with Gasteiger partial charge in [-0.1, -0.05) is 41.9 Å². The molecule has 0 spiro atoms. The molecule has 2 aromatic carbocycles. The molecule has 1 aliphatic rings. The monoisotopic (exact) mass is 408 g/mol. The summed E-state index contributed by atoms with van der Waals surface area (Å²) in [7, 11) is 0. The van der Waals surface area contributed by atoms with Crippen LogP contribution in [0.1, 0.15) is 24.0 Å². The predicted octanol–water partition coefficient (Wildman–Crippen LogP) is 4.11. The maximum atomic E-state index is 12.5. The van der Waals surface area contributed by atoms with Crippen molar-refractivity contribution >= 4 is 34.9 Å². The van der Waals surface area contributed by atoms with Gasteiger partial charge < -0.3 is 10.6 Å². The van der Waals surface area contributed by atoms with E-state index in [9.17, 15) is 9.59 Å². The van der Waals surface area contributed by atoms with Gasteiger partial charge in [-0.3, -0.25) is 9.59 Å². The van der Waals surface area contributed by atoms with Gasteiger partial charge in [0.1, 0.15) is 5.82 Å². The zero-order valence-electron chi connectivity index (χ0n) is 15.8. The maximum Gasteiger partial charge on any atom is 0.227 e. The van der Waals surface area contributed by atoms with E-state index in [-0.39, 0.29) is 24.2 Å². The molecular formula is C22H21ClN4O2. The minimum absolute atomic E-state index is 0.0238. The second kappa shape index (κ2) is 8.49. The third kappa shape index (κ3) is 4.66. The fourth-order valence-electron chi connectivity index (χ4n) is 3.48. The van der Waals surface area contributed by atoms with Crippen LogP contribution >= 0.6 is 11.6 Å². The molecule has 1 atom stereocenters. The Labute approximate surface area is 173 Å². The molecular weight excluding hydrogens is 388 g/mol. The molecule has 7 heteroatoms. The molecule has 2 amide bonds. The lowest BCUT2D eigenvalue weighted by Crippen LogP contribution is -2.30. The highest BCUT2D eigenvalue weighted by atomic mass is 35.5. The Balaban J connectivity index is 1.33. The second-order valence-corrected chi connectivity index (χ2v) is 7.57. The van der Waals surface area contributed by atoms with Gasteiger partial charge in [-0.15, -0.1) is 0 Å². The van der Waals surface area contributed by atoms with E-state index in [1.165, 1.54) is 0 Å². The largest absolute Gasteiger partial charge is 0.326 e. The first-order valence-electron chi connectivity index (χ1n) is 9.53. The van der Waals surface area contributed by atoms with Crippen LogP contribution < -0.4 is 10.6 Å². The number of aromatic nitrogens is 2. The number of carbonyl (C=O) groups is 2. The minimum Gasteiger partial charge on any atom is -0.326 e. The molecule has 3 aromatic rings. The van der Waals surface area contributed by atoms with E-state index >= 15 is 0 Å². The van der Waals surface area contributed by atoms with Crippen LogP contribution in [0.25, 0.3) is 0 Å². The summed E-state index contributed by atoms with van der Waals surface area (Å²) >= 11 is 5.92. The van der Waals surface area contributed by atoms with Crippen molar-refractivity contribution in [3.63, 3.8) is 0 Å². The summed E-state index contributed by atoms with van der Waals surface area (Å²) in [4.78, 5) is 24.8. The number of fused-ring (bicyclic) bond motifs is 1. The summed E-state index contributed by atoms with van der Waals surface area (Å²) in [5, 5.41) is 10.8. The normalized spacial score (nSPS) is 15.5. The van der Waals surface area contributed by atoms with Gasteiger partial charge in [-0.25, -0.2) is 4.68 Å². The lowest BCUT2D eigenvalue weighted by molar-refractivity contribution is -0.121. The third-order valence-corrected chi connectivity index (χ3v) is 5.31. The predicted molar refractivity (Wildman–Crippen MR) is 113 cm³/mol. The van der Waals surface area contributed by atoms with Gasteiger partial charge >= 0.3 is 0 Å². The second-order valence-electron chi connectivity index (χ2n) is 7.13. The van der Waals surface area contributed by atoms with Crippen molar-refractivity contribution in [2.24, 2.45) is 5.92 Å². The number of nitrogens with one attached hydrogen (secondary N) is 2. The van der Waals surface area contributed by atoms with Crippen molar-refractivity contribution in [3.8, 4) is 0 Å². The van der Waals surface area contributed by atoms with Gasteiger partial charge in [0.2, 0.25) is 11.8 Å². The summed E-state index contributed by atoms with van der Waals surface area (Å²) in [6, 6.07) is 17.0. The number of benzene rings is 2. The lowest BCUT2D eigenvalue weighted by Gasteiger charge is -2.24. The first-order valence-corrected chi connectivity index (χ1v) is 9.91. The summed E-state index contributed by atoms with van der Waals surface area (Å²) in [5.41, 5.74) is 3.01. The summed E-state index contributed by atoms with van der Waals surface area (Å²) < 4.78 is 1.73. The molecule has 0 unspecified atom stereocenters. The fraction of sp³-hybridized carbons (Fsp3) is 0.227. The number of carbonyl (C=O) groups excluding carboxylic acids is 2. The van der Waals surface area contributed by atoms with Crippen molar-refractivity contribution in [2.75, 3.05) is 10.6 Å². The number of rotatable bonds is 6. The van der Waals surface area contributed by atoms with Crippen LogP contribution in [0.3, 0.4) is 0 Å². The van der Waals surface area contributed by atoms with Gasteiger partial charge in [-0.2, -0.15) is 5.10 Å². The SMILES string of the molecule is O=C(CC[C@@H]1Cc2ccccc2NC1=O)Nc1ccnn1Cc1ccc(Cl)cc1. The van der Waals surface area contributed by atoms with Crippen LogP contribution in [0.15, 0.2) is 60.8 Å². The highest BCUT2D eigenvalue weighted by Gasteiger charge is 2.26. The molecule has 2 N–H and O–H groups in total. The quantitative estimate of drug-likeness (QED) is 0.644. The van der Waals surface area contributed by atoms with Gasteiger partial charge in [0.25, 0.3) is 0 Å². The Morgan fingerprint density at radius 2 is 1.97 bits per heavy atom. The van der Waals surface area contributed by atoms with E-state index in [1.807, 2.05) is 48.5 Å². The molecule has 4 rings (SSSR count). The summed E-state index contributed by atoms with van der Waals surface area (Å²) in [6.45, 7) is 0.529. The van der Waals surface area contributed by atoms with E-state index < -0.39 is 0 Å². The number of amides is 2. The van der Waals surface area contributed by atoms with Crippen molar-refractivity contribution in [1.29, 1.82) is 0 Å². The maximum absolute atomic E-state index is 12.5. The van der Waals surface area contributed by atoms with Gasteiger partial charge in [0.05, 0.1) is 12.7 Å². The van der Waals surface area contributed by atoms with Crippen LogP contribution in [-0.4, -0.2) is 21.6 Å². The van der Waals surface area contributed by atoms with Crippen LogP contribution in [0, 0.1) is 5.92 Å². The topological polar surface area (TPSA) is 76.0 Å². The van der Waals surface area contributed by atoms with Crippen LogP contribution in [0.2, 0.25) is 5.02 Å². The Bertz CT molecular complexity index is 1030. The number of hydrogen-bond acceptors (Lipinski definition) is 3. The van der Waals surface area contributed by atoms with Crippen LogP contribution in [0.4, 0.5) is 11.5 Å². The van der Waals surface area contributed by atoms with Crippen molar-refractivity contribution in [1.82, 2.24) is 9.78 Å². The Morgan fingerprint density at radius 3 is 2.79 bits per heavy atom. The summed E-state index contributed by atoms with van der Waals surface area (Å²) in [6.07, 6.45) is 3.07. The fourth-order valence-corrected chi connectivity index (χ4v) is 3.61. The third-order valence-electron chi connectivity index (χ3n) is 5.06. The highest BCUT2D eigenvalue weighted by Crippen LogP contribution is 2.27. The zero-order chi connectivity index (χ0) is 20.2. The van der Waals surface area contributed by atoms with Gasteiger partial charge in [-0.05, 0) is 42.2 Å². The smallest absolute Gasteiger partial charge is 0.227 e. The van der Waals surface area contributed by atoms with Gasteiger partial charge in [0.15, 0.2) is 0 Å². The molecule has 2 heterocycles. The van der Waals surface area contributed by atoms with E-state index in [0.29, 0.717) is 30.2 Å². The lowest BCUT2D eigenvalue weighted by atomic mass is 9.89. The molecule has 0 aliphatic carbocycles. The van der Waals surface area contributed by atoms with Crippen LogP contribution in [-0.2, 0) is 22.6 Å². The van der Waals surface area contributed by atoms with E-state index in [1.54, 1.807) is 16.9 Å². The standard InChI is InChI=1S/C22H21ClN4O2/c23-18-8-5-15(6-9-18)14-27-20(11-12-24-27)26-21(28)10-7-17-13-16-3-1-2-4-19(16)25-22(17)29/h1-6,8-9,11-12,17H,7,10,13-14H2,(H,25,29)(H,26,28)/t17-/m1/s1. The van der Waals surface area contributed by atoms with E-state index in [2.05, 4.69) is 15.7 Å². The molecule has 1 aliphatic heterocycles. The average molecular weight is 409 g/mol. The van der Waals surface area contributed by atoms with Gasteiger partial charge in [0, 0.05) is 29.1 Å². The Kier molecular flexibility index (Phi) is 5.62. The zero-order valence-corrected chi connectivity index (χ0v) is 16.5. The Hall–Kier alpha value is -3.12. The first kappa shape index (κ1) is 19.2.